The molecule has 0 aliphatic rings. The van der Waals surface area contributed by atoms with Crippen LogP contribution in [0.5, 0.6) is 0 Å². The molecule has 1 N–H and O–H groups in total. The van der Waals surface area contributed by atoms with E-state index in [4.69, 9.17) is 0 Å². The van der Waals surface area contributed by atoms with Crippen LogP contribution in [0, 0.1) is 5.92 Å². The molecule has 4 nitrogen and oxygen atoms in total. The Balaban J connectivity index is 2.01. The third-order valence-corrected chi connectivity index (χ3v) is 4.52. The number of hydrogen-bond acceptors (Lipinski definition) is 3. The number of rotatable bonds is 5. The van der Waals surface area contributed by atoms with Crippen molar-refractivity contribution < 1.29 is 4.79 Å². The molecule has 6 heteroatoms. The predicted octanol–water partition coefficient (Wildman–Crippen LogP) is 3.70. The summed E-state index contributed by atoms with van der Waals surface area (Å²) in [6.45, 7) is 4.88. The first-order valence-electron chi connectivity index (χ1n) is 6.48. The minimum atomic E-state index is -0.0548. The van der Waals surface area contributed by atoms with Gasteiger partial charge in [0.2, 0.25) is 0 Å². The number of hydrogen-bond donors (Lipinski definition) is 1. The molecule has 0 saturated heterocycles. The number of nitrogens with zero attached hydrogens (tertiary/aromatic N) is 2. The topological polar surface area (TPSA) is 49.0 Å². The number of amides is 1. The number of thiophene rings is 1. The number of carbonyl (C=O) groups is 1. The van der Waals surface area contributed by atoms with Crippen molar-refractivity contribution in [2.24, 2.45) is 5.92 Å². The molecule has 0 spiro atoms. The molecule has 0 aliphatic carbocycles. The maximum absolute atomic E-state index is 12.3. The van der Waals surface area contributed by atoms with E-state index in [1.807, 2.05) is 17.5 Å². The first-order valence-corrected chi connectivity index (χ1v) is 8.15. The zero-order valence-electron chi connectivity index (χ0n) is 11.8. The molecular formula is C14H18BrN3OS. The molecule has 0 unspecified atom stereocenters. The highest BCUT2D eigenvalue weighted by Crippen LogP contribution is 2.21. The zero-order chi connectivity index (χ0) is 14.7. The Labute approximate surface area is 131 Å². The van der Waals surface area contributed by atoms with Crippen molar-refractivity contribution in [2.75, 3.05) is 7.05 Å². The van der Waals surface area contributed by atoms with E-state index in [1.54, 1.807) is 23.3 Å². The Morgan fingerprint density at radius 2 is 2.25 bits per heavy atom. The number of halogens is 1. The number of carbonyl (C=O) groups excluding carboxylic acids is 1. The molecule has 0 aliphatic heterocycles. The van der Waals surface area contributed by atoms with Crippen molar-refractivity contribution in [3.8, 4) is 0 Å². The normalized spacial score (nSPS) is 11.1. The van der Waals surface area contributed by atoms with Crippen LogP contribution in [-0.4, -0.2) is 28.1 Å². The second kappa shape index (κ2) is 6.54. The largest absolute Gasteiger partial charge is 0.335 e. The van der Waals surface area contributed by atoms with Gasteiger partial charge in [0.05, 0.1) is 6.54 Å². The molecule has 2 aromatic heterocycles. The van der Waals surface area contributed by atoms with E-state index in [2.05, 4.69) is 40.0 Å². The van der Waals surface area contributed by atoms with E-state index in [0.29, 0.717) is 18.2 Å². The molecule has 2 heterocycles. The number of aromatic nitrogens is 2. The first-order chi connectivity index (χ1) is 9.45. The van der Waals surface area contributed by atoms with E-state index in [-0.39, 0.29) is 5.91 Å². The Kier molecular flexibility index (Phi) is 4.99. The van der Waals surface area contributed by atoms with Gasteiger partial charge in [-0.15, -0.1) is 11.3 Å². The molecule has 0 bridgehead atoms. The summed E-state index contributed by atoms with van der Waals surface area (Å²) in [6.07, 6.45) is 0.905. The summed E-state index contributed by atoms with van der Waals surface area (Å²) in [5.74, 6) is 0.486. The summed E-state index contributed by atoms with van der Waals surface area (Å²) in [5.41, 5.74) is 1.49. The monoisotopic (exact) mass is 355 g/mol. The maximum atomic E-state index is 12.3. The van der Waals surface area contributed by atoms with Gasteiger partial charge in [0.15, 0.2) is 0 Å². The highest BCUT2D eigenvalue weighted by atomic mass is 79.9. The third kappa shape index (κ3) is 3.93. The van der Waals surface area contributed by atoms with Crippen LogP contribution in [0.3, 0.4) is 0 Å². The van der Waals surface area contributed by atoms with Gasteiger partial charge in [-0.25, -0.2) is 0 Å². The maximum Gasteiger partial charge on any atom is 0.274 e. The number of aromatic amines is 1. The summed E-state index contributed by atoms with van der Waals surface area (Å²) < 4.78 is 1.05. The fraction of sp³-hybridized carbons (Fsp3) is 0.429. The quantitative estimate of drug-likeness (QED) is 0.888. The molecule has 0 atom stereocenters. The number of H-pyrrole nitrogens is 1. The van der Waals surface area contributed by atoms with Gasteiger partial charge in [-0.05, 0) is 40.4 Å². The van der Waals surface area contributed by atoms with Gasteiger partial charge < -0.3 is 4.90 Å². The highest BCUT2D eigenvalue weighted by Gasteiger charge is 2.16. The molecule has 20 heavy (non-hydrogen) atoms. The Bertz CT molecular complexity index is 591. The molecule has 108 valence electrons. The van der Waals surface area contributed by atoms with Crippen LogP contribution < -0.4 is 0 Å². The van der Waals surface area contributed by atoms with Gasteiger partial charge in [0.1, 0.15) is 5.69 Å². The minimum absolute atomic E-state index is 0.0548. The smallest absolute Gasteiger partial charge is 0.274 e. The molecule has 1 amide bonds. The molecular weight excluding hydrogens is 338 g/mol. The van der Waals surface area contributed by atoms with Crippen molar-refractivity contribution in [1.82, 2.24) is 15.1 Å². The van der Waals surface area contributed by atoms with Crippen molar-refractivity contribution in [3.05, 3.63) is 38.3 Å². The fourth-order valence-corrected chi connectivity index (χ4v) is 3.46. The van der Waals surface area contributed by atoms with Gasteiger partial charge in [0.25, 0.3) is 5.91 Å². The van der Waals surface area contributed by atoms with E-state index < -0.39 is 0 Å². The Hall–Kier alpha value is -1.14. The van der Waals surface area contributed by atoms with Crippen LogP contribution in [0.4, 0.5) is 0 Å². The highest BCUT2D eigenvalue weighted by molar-refractivity contribution is 9.10. The van der Waals surface area contributed by atoms with Crippen molar-refractivity contribution in [3.63, 3.8) is 0 Å². The standard InChI is InChI=1S/C14H18BrN3OS/c1-9(2)4-11-6-13(17-16-11)14(19)18(3)7-12-5-10(15)8-20-12/h5-6,8-9H,4,7H2,1-3H3,(H,16,17). The lowest BCUT2D eigenvalue weighted by molar-refractivity contribution is 0.0780. The SMILES string of the molecule is CC(C)Cc1cc(C(=O)N(C)Cc2cc(Br)cs2)n[nH]1. The average molecular weight is 356 g/mol. The second-order valence-corrected chi connectivity index (χ2v) is 7.18. The molecule has 2 rings (SSSR count). The van der Waals surface area contributed by atoms with Crippen molar-refractivity contribution in [2.45, 2.75) is 26.8 Å². The van der Waals surface area contributed by atoms with Crippen molar-refractivity contribution in [1.29, 1.82) is 0 Å². The van der Waals surface area contributed by atoms with Crippen LogP contribution in [0.1, 0.15) is 34.9 Å². The molecule has 0 radical (unpaired) electrons. The van der Waals surface area contributed by atoms with Gasteiger partial charge in [-0.1, -0.05) is 13.8 Å². The van der Waals surface area contributed by atoms with E-state index in [0.717, 1.165) is 21.5 Å². The first kappa shape index (κ1) is 15.3. The Morgan fingerprint density at radius 3 is 2.85 bits per heavy atom. The van der Waals surface area contributed by atoms with Crippen LogP contribution in [-0.2, 0) is 13.0 Å². The van der Waals surface area contributed by atoms with Crippen molar-refractivity contribution >= 4 is 33.2 Å². The molecule has 0 aromatic carbocycles. The van der Waals surface area contributed by atoms with Gasteiger partial charge in [0, 0.05) is 27.5 Å². The lowest BCUT2D eigenvalue weighted by Crippen LogP contribution is -2.26. The summed E-state index contributed by atoms with van der Waals surface area (Å²) in [4.78, 5) is 15.1. The van der Waals surface area contributed by atoms with E-state index in [9.17, 15) is 4.79 Å². The molecule has 0 fully saturated rings. The van der Waals surface area contributed by atoms with E-state index in [1.165, 1.54) is 0 Å². The van der Waals surface area contributed by atoms with Crippen LogP contribution in [0.25, 0.3) is 0 Å². The summed E-state index contributed by atoms with van der Waals surface area (Å²) in [6, 6.07) is 3.88. The second-order valence-electron chi connectivity index (χ2n) is 5.27. The van der Waals surface area contributed by atoms with Gasteiger partial charge in [-0.3, -0.25) is 9.89 Å². The summed E-state index contributed by atoms with van der Waals surface area (Å²) in [5, 5.41) is 9.07. The van der Waals surface area contributed by atoms with Crippen LogP contribution in [0.15, 0.2) is 22.0 Å². The van der Waals surface area contributed by atoms with Gasteiger partial charge >= 0.3 is 0 Å². The predicted molar refractivity (Wildman–Crippen MR) is 84.9 cm³/mol. The summed E-state index contributed by atoms with van der Waals surface area (Å²) in [7, 11) is 1.80. The lowest BCUT2D eigenvalue weighted by atomic mass is 10.1. The lowest BCUT2D eigenvalue weighted by Gasteiger charge is -2.14. The zero-order valence-corrected chi connectivity index (χ0v) is 14.2. The van der Waals surface area contributed by atoms with E-state index >= 15 is 0 Å². The summed E-state index contributed by atoms with van der Waals surface area (Å²) >= 11 is 5.05. The molecule has 0 saturated carbocycles. The van der Waals surface area contributed by atoms with Crippen LogP contribution >= 0.6 is 27.3 Å². The third-order valence-electron chi connectivity index (χ3n) is 2.84. The Morgan fingerprint density at radius 1 is 1.50 bits per heavy atom. The van der Waals surface area contributed by atoms with Crippen LogP contribution in [0.2, 0.25) is 0 Å². The average Bonchev–Trinajstić information content (AvgIpc) is 2.97. The minimum Gasteiger partial charge on any atom is -0.335 e. The number of nitrogens with one attached hydrogen (secondary N) is 1. The fourth-order valence-electron chi connectivity index (χ4n) is 1.95. The molecule has 2 aromatic rings. The van der Waals surface area contributed by atoms with Gasteiger partial charge in [-0.2, -0.15) is 5.10 Å².